The van der Waals surface area contributed by atoms with Crippen molar-refractivity contribution in [3.63, 3.8) is 0 Å². The predicted molar refractivity (Wildman–Crippen MR) is 167 cm³/mol. The third-order valence-corrected chi connectivity index (χ3v) is 5.47. The minimum atomic E-state index is -0.827. The van der Waals surface area contributed by atoms with E-state index in [1.54, 1.807) is 13.8 Å². The molecule has 2 heterocycles. The minimum Gasteiger partial charge on any atom is -0.462 e. The molecule has 15 heteroatoms. The number of halogens is 3. The van der Waals surface area contributed by atoms with Crippen LogP contribution >= 0.6 is 11.6 Å². The molecule has 12 nitrogen and oxygen atoms in total. The number of carbonyl (C=O) groups excluding carboxylic acids is 4. The van der Waals surface area contributed by atoms with Crippen molar-refractivity contribution in [1.29, 1.82) is 0 Å². The predicted octanol–water partition coefficient (Wildman–Crippen LogP) is 6.69. The molecule has 0 fully saturated rings. The molecular formula is C32H31ClF2N4O8. The maximum absolute atomic E-state index is 13.5. The largest absolute Gasteiger partial charge is 0.462 e. The summed E-state index contributed by atoms with van der Waals surface area (Å²) in [5.41, 5.74) is 5.77. The molecule has 3 N–H and O–H groups in total. The average Bonchev–Trinajstić information content (AvgIpc) is 3.06. The van der Waals surface area contributed by atoms with Crippen molar-refractivity contribution < 1.29 is 46.9 Å². The van der Waals surface area contributed by atoms with Gasteiger partial charge in [0, 0.05) is 11.6 Å². The number of esters is 2. The molecule has 0 radical (unpaired) electrons. The maximum atomic E-state index is 13.5. The number of nitrogens with one attached hydrogen (secondary N) is 1. The van der Waals surface area contributed by atoms with Gasteiger partial charge in [-0.15, -0.1) is 0 Å². The van der Waals surface area contributed by atoms with E-state index in [1.807, 2.05) is 60.7 Å². The molecular weight excluding hydrogens is 642 g/mol. The van der Waals surface area contributed by atoms with Crippen LogP contribution < -0.4 is 11.1 Å². The fraction of sp³-hybridized carbons (Fsp3) is 0.188. The van der Waals surface area contributed by atoms with Gasteiger partial charge >= 0.3 is 23.5 Å². The van der Waals surface area contributed by atoms with E-state index in [4.69, 9.17) is 26.8 Å². The van der Waals surface area contributed by atoms with Gasteiger partial charge < -0.3 is 24.7 Å². The fourth-order valence-electron chi connectivity index (χ4n) is 3.27. The van der Waals surface area contributed by atoms with Crippen molar-refractivity contribution >= 4 is 46.7 Å². The molecule has 0 saturated heterocycles. The van der Waals surface area contributed by atoms with Gasteiger partial charge in [-0.2, -0.15) is 0 Å². The van der Waals surface area contributed by atoms with E-state index in [0.29, 0.717) is 0 Å². The first kappa shape index (κ1) is 37.6. The van der Waals surface area contributed by atoms with Crippen LogP contribution in [0.15, 0.2) is 85.2 Å². The Kier molecular flexibility index (Phi) is 16.3. The highest BCUT2D eigenvalue weighted by atomic mass is 35.5. The summed E-state index contributed by atoms with van der Waals surface area (Å²) in [6.07, 6.45) is 0.962. The molecule has 2 aromatic heterocycles. The van der Waals surface area contributed by atoms with Crippen LogP contribution in [-0.4, -0.2) is 46.6 Å². The van der Waals surface area contributed by atoms with E-state index in [1.165, 1.54) is 0 Å². The highest BCUT2D eigenvalue weighted by molar-refractivity contribution is 6.61. The highest BCUT2D eigenvalue weighted by Crippen LogP contribution is 2.14. The van der Waals surface area contributed by atoms with E-state index in [9.17, 15) is 28.0 Å². The van der Waals surface area contributed by atoms with Gasteiger partial charge in [-0.1, -0.05) is 60.7 Å². The molecule has 0 saturated carbocycles. The van der Waals surface area contributed by atoms with Gasteiger partial charge in [-0.3, -0.25) is 5.32 Å². The summed E-state index contributed by atoms with van der Waals surface area (Å²) in [7, 11) is 0. The third-order valence-electron chi connectivity index (χ3n) is 5.36. The quantitative estimate of drug-likeness (QED) is 0.110. The van der Waals surface area contributed by atoms with Crippen molar-refractivity contribution in [3.05, 3.63) is 119 Å². The first-order valence-electron chi connectivity index (χ1n) is 13.8. The SMILES string of the molecule is CCOC(=O)c1cc(N)ncc1F.CCOC(=O)c1cc(NC(=O)OCc2ccccc2)ncc1F.O=C(Cl)OCc1ccccc1. The molecule has 4 rings (SSSR count). The first-order valence-corrected chi connectivity index (χ1v) is 14.2. The zero-order valence-corrected chi connectivity index (χ0v) is 26.0. The van der Waals surface area contributed by atoms with Gasteiger partial charge in [-0.05, 0) is 37.1 Å². The lowest BCUT2D eigenvalue weighted by Crippen LogP contribution is -2.16. The van der Waals surface area contributed by atoms with E-state index < -0.39 is 35.1 Å². The number of benzene rings is 2. The number of amides is 1. The van der Waals surface area contributed by atoms with Gasteiger partial charge in [0.05, 0.1) is 25.6 Å². The van der Waals surface area contributed by atoms with Crippen LogP contribution in [-0.2, 0) is 32.2 Å². The number of pyridine rings is 2. The molecule has 0 aliphatic rings. The lowest BCUT2D eigenvalue weighted by molar-refractivity contribution is 0.0511. The number of rotatable bonds is 9. The minimum absolute atomic E-state index is 0.00693. The number of carbonyl (C=O) groups is 4. The number of aromatic nitrogens is 2. The van der Waals surface area contributed by atoms with Crippen LogP contribution in [0.4, 0.5) is 30.0 Å². The lowest BCUT2D eigenvalue weighted by Gasteiger charge is -2.08. The standard InChI is InChI=1S/C16H15FN2O4.C8H7ClO2.C8H9FN2O2/c1-2-22-15(20)12-8-14(18-9-13(12)17)19-16(21)23-10-11-6-4-3-5-7-11;9-8(10)11-6-7-4-2-1-3-5-7;1-2-13-8(12)5-3-7(10)11-4-6(5)9/h3-9H,2,10H2,1H3,(H,18,19,21);1-5H,6H2;3-4H,2H2,1H3,(H2,10,11). The molecule has 0 atom stereocenters. The summed E-state index contributed by atoms with van der Waals surface area (Å²) in [5, 5.41) is 2.33. The topological polar surface area (TPSA) is 169 Å². The Morgan fingerprint density at radius 3 is 1.68 bits per heavy atom. The average molecular weight is 673 g/mol. The number of hydrogen-bond donors (Lipinski definition) is 2. The van der Waals surface area contributed by atoms with Crippen molar-refractivity contribution in [1.82, 2.24) is 9.97 Å². The Labute approximate surface area is 273 Å². The van der Waals surface area contributed by atoms with E-state index in [0.717, 1.165) is 35.7 Å². The Morgan fingerprint density at radius 2 is 1.19 bits per heavy atom. The number of nitrogens with zero attached hydrogens (tertiary/aromatic N) is 2. The third kappa shape index (κ3) is 14.3. The molecule has 0 spiro atoms. The van der Waals surface area contributed by atoms with E-state index in [2.05, 4.69) is 24.8 Å². The van der Waals surface area contributed by atoms with Crippen LogP contribution in [0, 0.1) is 11.6 Å². The normalized spacial score (nSPS) is 9.72. The molecule has 248 valence electrons. The monoisotopic (exact) mass is 672 g/mol. The Hall–Kier alpha value is -5.63. The van der Waals surface area contributed by atoms with Crippen LogP contribution in [0.25, 0.3) is 0 Å². The second-order valence-corrected chi connectivity index (χ2v) is 9.09. The molecule has 0 bridgehead atoms. The van der Waals surface area contributed by atoms with Gasteiger partial charge in [0.2, 0.25) is 0 Å². The number of nitrogen functional groups attached to an aromatic ring is 1. The van der Waals surface area contributed by atoms with Crippen LogP contribution in [0.3, 0.4) is 0 Å². The Morgan fingerprint density at radius 1 is 0.723 bits per heavy atom. The van der Waals surface area contributed by atoms with Crippen LogP contribution in [0.1, 0.15) is 45.7 Å². The van der Waals surface area contributed by atoms with Gasteiger partial charge in [0.15, 0.2) is 11.6 Å². The summed E-state index contributed by atoms with van der Waals surface area (Å²) in [5.74, 6) is -3.03. The Balaban J connectivity index is 0.000000270. The zero-order valence-electron chi connectivity index (χ0n) is 25.3. The lowest BCUT2D eigenvalue weighted by atomic mass is 10.2. The summed E-state index contributed by atoms with van der Waals surface area (Å²) >= 11 is 4.97. The van der Waals surface area contributed by atoms with Crippen molar-refractivity contribution in [2.45, 2.75) is 27.1 Å². The molecule has 0 aliphatic carbocycles. The van der Waals surface area contributed by atoms with Gasteiger partial charge in [-0.25, -0.2) is 37.9 Å². The number of hydrogen-bond acceptors (Lipinski definition) is 11. The number of anilines is 2. The van der Waals surface area contributed by atoms with Crippen molar-refractivity contribution in [2.75, 3.05) is 24.3 Å². The summed E-state index contributed by atoms with van der Waals surface area (Å²) < 4.78 is 45.4. The first-order chi connectivity index (χ1) is 22.5. The smallest absolute Gasteiger partial charge is 0.413 e. The van der Waals surface area contributed by atoms with Gasteiger partial charge in [0.1, 0.15) is 36.0 Å². The fourth-order valence-corrected chi connectivity index (χ4v) is 3.33. The molecule has 0 unspecified atom stereocenters. The summed E-state index contributed by atoms with van der Waals surface area (Å²) in [4.78, 5) is 51.7. The molecule has 0 aliphatic heterocycles. The zero-order chi connectivity index (χ0) is 34.6. The maximum Gasteiger partial charge on any atom is 0.413 e. The Bertz CT molecular complexity index is 1620. The summed E-state index contributed by atoms with van der Waals surface area (Å²) in [6, 6.07) is 20.7. The second kappa shape index (κ2) is 20.4. The second-order valence-electron chi connectivity index (χ2n) is 8.78. The number of nitrogens with two attached hydrogens (primary N) is 1. The molecule has 4 aromatic rings. The van der Waals surface area contributed by atoms with Crippen molar-refractivity contribution in [3.8, 4) is 0 Å². The van der Waals surface area contributed by atoms with Gasteiger partial charge in [0.25, 0.3) is 0 Å². The molecule has 1 amide bonds. The molecule has 47 heavy (non-hydrogen) atoms. The number of ether oxygens (including phenoxy) is 4. The van der Waals surface area contributed by atoms with E-state index >= 15 is 0 Å². The summed E-state index contributed by atoms with van der Waals surface area (Å²) in [6.45, 7) is 3.88. The van der Waals surface area contributed by atoms with Crippen LogP contribution in [0.5, 0.6) is 0 Å². The van der Waals surface area contributed by atoms with Crippen LogP contribution in [0.2, 0.25) is 0 Å². The molecule has 2 aromatic carbocycles. The highest BCUT2D eigenvalue weighted by Gasteiger charge is 2.16. The van der Waals surface area contributed by atoms with Crippen molar-refractivity contribution in [2.24, 2.45) is 0 Å². The van der Waals surface area contributed by atoms with E-state index in [-0.39, 0.29) is 49.2 Å².